The van der Waals surface area contributed by atoms with Gasteiger partial charge in [-0.1, -0.05) is 38.1 Å². The number of rotatable bonds is 13. The molecule has 0 aliphatic heterocycles. The largest absolute Gasteiger partial charge is 0.497 e. The minimum absolute atomic E-state index is 0.00867. The van der Waals surface area contributed by atoms with E-state index in [1.807, 2.05) is 13.0 Å². The normalized spacial score (nSPS) is 14.5. The van der Waals surface area contributed by atoms with Crippen LogP contribution in [0.1, 0.15) is 63.4 Å². The van der Waals surface area contributed by atoms with E-state index >= 15 is 0 Å². The number of hydrogen-bond acceptors (Lipinski definition) is 9. The van der Waals surface area contributed by atoms with Crippen molar-refractivity contribution < 1.29 is 33.4 Å². The van der Waals surface area contributed by atoms with Crippen molar-refractivity contribution in [1.29, 1.82) is 0 Å². The van der Waals surface area contributed by atoms with Crippen LogP contribution in [0.4, 0.5) is 10.7 Å². The highest BCUT2D eigenvalue weighted by atomic mass is 32.2. The summed E-state index contributed by atoms with van der Waals surface area (Å²) in [5.74, 6) is -0.153. The molecule has 0 saturated carbocycles. The third kappa shape index (κ3) is 9.19. The number of thiophene rings is 1. The number of methoxy groups -OCH3 is 3. The third-order valence-corrected chi connectivity index (χ3v) is 11.0. The number of thioether (sulfide) groups is 1. The Morgan fingerprint density at radius 3 is 2.45 bits per heavy atom. The quantitative estimate of drug-likeness (QED) is 0.0729. The molecule has 12 heteroatoms. The Morgan fingerprint density at radius 2 is 1.75 bits per heavy atom. The van der Waals surface area contributed by atoms with E-state index in [9.17, 15) is 19.2 Å². The van der Waals surface area contributed by atoms with Gasteiger partial charge in [-0.05, 0) is 85.7 Å². The van der Waals surface area contributed by atoms with Crippen LogP contribution in [-0.2, 0) is 27.2 Å². The van der Waals surface area contributed by atoms with Crippen molar-refractivity contribution >= 4 is 63.6 Å². The average molecular weight is 728 g/mol. The Kier molecular flexibility index (Phi) is 12.6. The lowest BCUT2D eigenvalue weighted by Crippen LogP contribution is -2.30. The molecular formula is C39H41N3O7S2. The standard InChI is InChI=1S/C39H41N3O7S2/c1-6-32(37(45)42-38-34(39(46)49-5)29-18-15-23(2)19-33(29)51-38)50-28-14-10-13-26(21-28)40-36(44)30(41-35(43)24-11-8-7-9-12-24)20-25-16-17-27(47-3)22-31(25)48-4/h7-14,16-17,20-23,32H,6,15,18-19H2,1-5H3,(H,40,44)(H,41,43)(H,42,45)/b30-20+. The molecule has 3 aromatic carbocycles. The van der Waals surface area contributed by atoms with E-state index in [4.69, 9.17) is 14.2 Å². The Labute approximate surface area is 306 Å². The number of hydrogen-bond donors (Lipinski definition) is 3. The minimum Gasteiger partial charge on any atom is -0.497 e. The van der Waals surface area contributed by atoms with Crippen molar-refractivity contribution in [3.8, 4) is 11.5 Å². The fourth-order valence-corrected chi connectivity index (χ4v) is 8.13. The lowest BCUT2D eigenvalue weighted by atomic mass is 9.88. The average Bonchev–Trinajstić information content (AvgIpc) is 3.50. The lowest BCUT2D eigenvalue weighted by molar-refractivity contribution is -0.116. The Hall–Kier alpha value is -5.07. The summed E-state index contributed by atoms with van der Waals surface area (Å²) < 4.78 is 15.9. The Morgan fingerprint density at radius 1 is 0.961 bits per heavy atom. The van der Waals surface area contributed by atoms with Crippen molar-refractivity contribution in [2.24, 2.45) is 5.92 Å². The Bertz CT molecular complexity index is 1940. The number of anilines is 2. The molecule has 0 radical (unpaired) electrons. The van der Waals surface area contributed by atoms with Crippen LogP contribution >= 0.6 is 23.1 Å². The molecule has 2 atom stereocenters. The number of fused-ring (bicyclic) bond motifs is 1. The predicted octanol–water partition coefficient (Wildman–Crippen LogP) is 7.60. The summed E-state index contributed by atoms with van der Waals surface area (Å²) in [6, 6.07) is 20.9. The lowest BCUT2D eigenvalue weighted by Gasteiger charge is -2.18. The van der Waals surface area contributed by atoms with Crippen molar-refractivity contribution in [3.63, 3.8) is 0 Å². The molecule has 1 aliphatic rings. The maximum absolute atomic E-state index is 13.8. The van der Waals surface area contributed by atoms with Crippen LogP contribution in [0.25, 0.3) is 6.08 Å². The molecule has 2 unspecified atom stereocenters. The van der Waals surface area contributed by atoms with E-state index < -0.39 is 23.0 Å². The maximum atomic E-state index is 13.8. The molecule has 3 N–H and O–H groups in total. The SMILES string of the molecule is CCC(Sc1cccc(NC(=O)/C(=C\c2ccc(OC)cc2OC)NC(=O)c2ccccc2)c1)C(=O)Nc1sc2c(c1C(=O)OC)CCC(C)C2. The van der Waals surface area contributed by atoms with Crippen LogP contribution in [0.2, 0.25) is 0 Å². The minimum atomic E-state index is -0.560. The summed E-state index contributed by atoms with van der Waals surface area (Å²) in [7, 11) is 4.40. The first-order chi connectivity index (χ1) is 24.6. The highest BCUT2D eigenvalue weighted by Gasteiger charge is 2.30. The number of benzene rings is 3. The first-order valence-corrected chi connectivity index (χ1v) is 18.3. The first-order valence-electron chi connectivity index (χ1n) is 16.6. The van der Waals surface area contributed by atoms with Crippen LogP contribution < -0.4 is 25.4 Å². The molecule has 0 bridgehead atoms. The van der Waals surface area contributed by atoms with Gasteiger partial charge in [0.1, 0.15) is 22.2 Å². The number of carbonyl (C=O) groups is 4. The van der Waals surface area contributed by atoms with Gasteiger partial charge in [0.25, 0.3) is 11.8 Å². The third-order valence-electron chi connectivity index (χ3n) is 8.44. The van der Waals surface area contributed by atoms with Crippen molar-refractivity contribution in [3.05, 3.63) is 106 Å². The highest BCUT2D eigenvalue weighted by molar-refractivity contribution is 8.00. The van der Waals surface area contributed by atoms with E-state index in [1.165, 1.54) is 43.4 Å². The van der Waals surface area contributed by atoms with E-state index in [1.54, 1.807) is 73.8 Å². The van der Waals surface area contributed by atoms with Crippen LogP contribution in [0.15, 0.2) is 83.4 Å². The van der Waals surface area contributed by atoms with Gasteiger partial charge in [-0.15, -0.1) is 23.1 Å². The second-order valence-corrected chi connectivity index (χ2v) is 14.4. The topological polar surface area (TPSA) is 132 Å². The first kappa shape index (κ1) is 37.2. The maximum Gasteiger partial charge on any atom is 0.341 e. The second kappa shape index (κ2) is 17.2. The highest BCUT2D eigenvalue weighted by Crippen LogP contribution is 2.40. The molecule has 51 heavy (non-hydrogen) atoms. The monoisotopic (exact) mass is 727 g/mol. The molecule has 1 aliphatic carbocycles. The molecule has 266 valence electrons. The van der Waals surface area contributed by atoms with Gasteiger partial charge in [-0.2, -0.15) is 0 Å². The van der Waals surface area contributed by atoms with Gasteiger partial charge in [0.05, 0.1) is 32.1 Å². The van der Waals surface area contributed by atoms with Gasteiger partial charge >= 0.3 is 5.97 Å². The zero-order valence-corrected chi connectivity index (χ0v) is 30.8. The Balaban J connectivity index is 1.35. The summed E-state index contributed by atoms with van der Waals surface area (Å²) in [5, 5.41) is 8.70. The summed E-state index contributed by atoms with van der Waals surface area (Å²) in [6.45, 7) is 4.11. The fraction of sp³-hybridized carbons (Fsp3) is 0.282. The van der Waals surface area contributed by atoms with Gasteiger partial charge in [-0.3, -0.25) is 14.4 Å². The van der Waals surface area contributed by atoms with Crippen LogP contribution in [0.3, 0.4) is 0 Å². The van der Waals surface area contributed by atoms with Gasteiger partial charge in [0.2, 0.25) is 5.91 Å². The van der Waals surface area contributed by atoms with Crippen molar-refractivity contribution in [2.45, 2.75) is 49.7 Å². The van der Waals surface area contributed by atoms with Crippen molar-refractivity contribution in [1.82, 2.24) is 5.32 Å². The molecule has 1 heterocycles. The summed E-state index contributed by atoms with van der Waals surface area (Å²) in [6.07, 6.45) is 4.68. The summed E-state index contributed by atoms with van der Waals surface area (Å²) >= 11 is 2.80. The van der Waals surface area contributed by atoms with E-state index in [2.05, 4.69) is 22.9 Å². The number of esters is 1. The number of carbonyl (C=O) groups excluding carboxylic acids is 4. The fourth-order valence-electron chi connectivity index (χ4n) is 5.72. The summed E-state index contributed by atoms with van der Waals surface area (Å²) in [5.41, 5.74) is 2.83. The molecular weight excluding hydrogens is 687 g/mol. The molecule has 1 aromatic heterocycles. The van der Waals surface area contributed by atoms with Gasteiger partial charge in [0, 0.05) is 32.7 Å². The molecule has 4 aromatic rings. The number of amides is 3. The summed E-state index contributed by atoms with van der Waals surface area (Å²) in [4.78, 5) is 55.2. The van der Waals surface area contributed by atoms with E-state index in [0.717, 1.165) is 34.6 Å². The predicted molar refractivity (Wildman–Crippen MR) is 202 cm³/mol. The van der Waals surface area contributed by atoms with E-state index in [0.29, 0.717) is 51.2 Å². The van der Waals surface area contributed by atoms with Crippen molar-refractivity contribution in [2.75, 3.05) is 32.0 Å². The molecule has 10 nitrogen and oxygen atoms in total. The number of ether oxygens (including phenoxy) is 3. The molecule has 0 fully saturated rings. The van der Waals surface area contributed by atoms with Gasteiger partial charge < -0.3 is 30.2 Å². The smallest absolute Gasteiger partial charge is 0.341 e. The molecule has 0 spiro atoms. The van der Waals surface area contributed by atoms with Crippen LogP contribution in [0, 0.1) is 5.92 Å². The van der Waals surface area contributed by atoms with Crippen LogP contribution in [-0.4, -0.2) is 50.3 Å². The molecule has 0 saturated heterocycles. The van der Waals surface area contributed by atoms with Crippen LogP contribution in [0.5, 0.6) is 11.5 Å². The van der Waals surface area contributed by atoms with E-state index in [-0.39, 0.29) is 11.6 Å². The van der Waals surface area contributed by atoms with Gasteiger partial charge in [0.15, 0.2) is 0 Å². The zero-order chi connectivity index (χ0) is 36.5. The van der Waals surface area contributed by atoms with Gasteiger partial charge in [-0.25, -0.2) is 4.79 Å². The molecule has 3 amide bonds. The molecule has 5 rings (SSSR count). The number of nitrogens with one attached hydrogen (secondary N) is 3. The second-order valence-electron chi connectivity index (χ2n) is 12.0. The zero-order valence-electron chi connectivity index (χ0n) is 29.2.